The number of ether oxygens (including phenoxy) is 1. The van der Waals surface area contributed by atoms with Gasteiger partial charge in [-0.25, -0.2) is 9.78 Å². The molecule has 2 saturated heterocycles. The summed E-state index contributed by atoms with van der Waals surface area (Å²) in [5, 5.41) is 3.34. The standard InChI is InChI=1S/C25H36BN5O4/c1-23(2,3)33-22(32)31-16-14-30(15-17-31)21-27-13-12-20(29-21)28-19-10-8-18(9-11-19)26-34-24(4,5)25(6,7)35-26/h8-13H,14-17H2,1-7H3,(H,27,28,29). The molecule has 1 aromatic heterocycles. The van der Waals surface area contributed by atoms with Crippen LogP contribution in [0, 0.1) is 0 Å². The normalized spacial score (nSPS) is 19.6. The zero-order valence-electron chi connectivity index (χ0n) is 21.8. The first kappa shape index (κ1) is 25.3. The van der Waals surface area contributed by atoms with Crippen LogP contribution in [0.4, 0.5) is 22.2 Å². The fourth-order valence-electron chi connectivity index (χ4n) is 3.84. The molecule has 1 aromatic carbocycles. The number of aromatic nitrogens is 2. The van der Waals surface area contributed by atoms with Gasteiger partial charge in [-0.2, -0.15) is 4.98 Å². The molecular formula is C25H36BN5O4. The number of rotatable bonds is 4. The monoisotopic (exact) mass is 481 g/mol. The van der Waals surface area contributed by atoms with Crippen LogP contribution < -0.4 is 15.7 Å². The molecule has 0 bridgehead atoms. The Hall–Kier alpha value is -2.85. The summed E-state index contributed by atoms with van der Waals surface area (Å²) in [6.07, 6.45) is 1.46. The minimum absolute atomic E-state index is 0.280. The summed E-state index contributed by atoms with van der Waals surface area (Å²) in [4.78, 5) is 25.2. The van der Waals surface area contributed by atoms with Gasteiger partial charge in [0.05, 0.1) is 11.2 Å². The molecule has 0 unspecified atom stereocenters. The molecule has 0 spiro atoms. The summed E-state index contributed by atoms with van der Waals surface area (Å²) < 4.78 is 17.7. The third kappa shape index (κ3) is 5.87. The molecule has 2 aliphatic heterocycles. The van der Waals surface area contributed by atoms with Crippen molar-refractivity contribution in [3.63, 3.8) is 0 Å². The topological polar surface area (TPSA) is 89.1 Å². The number of piperazine rings is 1. The third-order valence-corrected chi connectivity index (χ3v) is 6.57. The van der Waals surface area contributed by atoms with Gasteiger partial charge in [0.2, 0.25) is 5.95 Å². The van der Waals surface area contributed by atoms with E-state index >= 15 is 0 Å². The molecule has 1 N–H and O–H groups in total. The number of benzene rings is 1. The SMILES string of the molecule is CC(C)(C)OC(=O)N1CCN(c2nccc(Nc3ccc(B4OC(C)(C)C(C)(C)O4)cc3)n2)CC1. The minimum atomic E-state index is -0.500. The Kier molecular flexibility index (Phi) is 6.72. The van der Waals surface area contributed by atoms with E-state index in [0.29, 0.717) is 37.9 Å². The number of hydrogen-bond donors (Lipinski definition) is 1. The van der Waals surface area contributed by atoms with Gasteiger partial charge in [0.25, 0.3) is 0 Å². The fraction of sp³-hybridized carbons (Fsp3) is 0.560. The lowest BCUT2D eigenvalue weighted by Gasteiger charge is -2.35. The predicted molar refractivity (Wildman–Crippen MR) is 137 cm³/mol. The van der Waals surface area contributed by atoms with E-state index in [-0.39, 0.29) is 24.4 Å². The lowest BCUT2D eigenvalue weighted by Crippen LogP contribution is -2.50. The van der Waals surface area contributed by atoms with E-state index in [9.17, 15) is 4.79 Å². The van der Waals surface area contributed by atoms with E-state index in [1.54, 1.807) is 11.1 Å². The molecule has 188 valence electrons. The van der Waals surface area contributed by atoms with Crippen LogP contribution in [-0.2, 0) is 14.0 Å². The first-order chi connectivity index (χ1) is 16.3. The largest absolute Gasteiger partial charge is 0.494 e. The Morgan fingerprint density at radius 2 is 1.60 bits per heavy atom. The van der Waals surface area contributed by atoms with E-state index in [0.717, 1.165) is 11.2 Å². The number of nitrogens with one attached hydrogen (secondary N) is 1. The van der Waals surface area contributed by atoms with Crippen LogP contribution >= 0.6 is 0 Å². The zero-order chi connectivity index (χ0) is 25.4. The Morgan fingerprint density at radius 3 is 2.17 bits per heavy atom. The number of nitrogens with zero attached hydrogens (tertiary/aromatic N) is 4. The van der Waals surface area contributed by atoms with Crippen LogP contribution in [0.2, 0.25) is 0 Å². The fourth-order valence-corrected chi connectivity index (χ4v) is 3.84. The molecule has 1 amide bonds. The molecule has 0 saturated carbocycles. The van der Waals surface area contributed by atoms with Crippen molar-refractivity contribution in [2.24, 2.45) is 0 Å². The zero-order valence-corrected chi connectivity index (χ0v) is 21.8. The van der Waals surface area contributed by atoms with E-state index in [4.69, 9.17) is 14.0 Å². The van der Waals surface area contributed by atoms with Gasteiger partial charge in [0.1, 0.15) is 11.4 Å². The van der Waals surface area contributed by atoms with E-state index in [1.807, 2.05) is 78.8 Å². The van der Waals surface area contributed by atoms with Crippen molar-refractivity contribution in [1.29, 1.82) is 0 Å². The lowest BCUT2D eigenvalue weighted by molar-refractivity contribution is 0.00578. The average molecular weight is 481 g/mol. The Labute approximate surface area is 208 Å². The highest BCUT2D eigenvalue weighted by molar-refractivity contribution is 6.62. The molecule has 2 aromatic rings. The van der Waals surface area contributed by atoms with Gasteiger partial charge in [0.15, 0.2) is 0 Å². The van der Waals surface area contributed by atoms with Crippen molar-refractivity contribution in [2.45, 2.75) is 65.3 Å². The first-order valence-electron chi connectivity index (χ1n) is 12.1. The van der Waals surface area contributed by atoms with Gasteiger partial charge in [0, 0.05) is 38.1 Å². The molecular weight excluding hydrogens is 445 g/mol. The van der Waals surface area contributed by atoms with E-state index in [1.165, 1.54) is 0 Å². The van der Waals surface area contributed by atoms with Crippen molar-refractivity contribution in [3.8, 4) is 0 Å². The molecule has 0 radical (unpaired) electrons. The predicted octanol–water partition coefficient (Wildman–Crippen LogP) is 3.58. The highest BCUT2D eigenvalue weighted by Crippen LogP contribution is 2.36. The van der Waals surface area contributed by atoms with Gasteiger partial charge >= 0.3 is 13.2 Å². The van der Waals surface area contributed by atoms with Crippen molar-refractivity contribution < 1.29 is 18.8 Å². The maximum atomic E-state index is 12.3. The molecule has 9 nitrogen and oxygen atoms in total. The molecule has 0 atom stereocenters. The summed E-state index contributed by atoms with van der Waals surface area (Å²) in [5.41, 5.74) is 0.638. The molecule has 35 heavy (non-hydrogen) atoms. The molecule has 2 aliphatic rings. The Bertz CT molecular complexity index is 1030. The highest BCUT2D eigenvalue weighted by atomic mass is 16.7. The number of carbonyl (C=O) groups is 1. The van der Waals surface area contributed by atoms with Gasteiger partial charge in [-0.1, -0.05) is 12.1 Å². The van der Waals surface area contributed by atoms with Crippen LogP contribution in [-0.4, -0.2) is 71.1 Å². The van der Waals surface area contributed by atoms with Crippen LogP contribution in [0.3, 0.4) is 0 Å². The van der Waals surface area contributed by atoms with Crippen LogP contribution in [0.5, 0.6) is 0 Å². The second kappa shape index (κ2) is 9.31. The van der Waals surface area contributed by atoms with Crippen molar-refractivity contribution in [2.75, 3.05) is 36.4 Å². The second-order valence-corrected chi connectivity index (χ2v) is 11.0. The Morgan fingerprint density at radius 1 is 1.00 bits per heavy atom. The minimum Gasteiger partial charge on any atom is -0.444 e. The summed E-state index contributed by atoms with van der Waals surface area (Å²) in [5.74, 6) is 1.33. The maximum absolute atomic E-state index is 12.3. The summed E-state index contributed by atoms with van der Waals surface area (Å²) in [6, 6.07) is 9.82. The number of amides is 1. The van der Waals surface area contributed by atoms with E-state index in [2.05, 4.69) is 20.2 Å². The molecule has 0 aliphatic carbocycles. The molecule has 4 rings (SSSR count). The van der Waals surface area contributed by atoms with Crippen LogP contribution in [0.25, 0.3) is 0 Å². The first-order valence-corrected chi connectivity index (χ1v) is 12.1. The average Bonchev–Trinajstić information content (AvgIpc) is 3.00. The summed E-state index contributed by atoms with van der Waals surface area (Å²) in [6.45, 7) is 16.2. The van der Waals surface area contributed by atoms with Gasteiger partial charge in [-0.15, -0.1) is 0 Å². The van der Waals surface area contributed by atoms with Gasteiger partial charge < -0.3 is 29.2 Å². The number of carbonyl (C=O) groups excluding carboxylic acids is 1. The number of anilines is 3. The van der Waals surface area contributed by atoms with Gasteiger partial charge in [-0.3, -0.25) is 0 Å². The van der Waals surface area contributed by atoms with E-state index < -0.39 is 5.60 Å². The van der Waals surface area contributed by atoms with Crippen molar-refractivity contribution in [1.82, 2.24) is 14.9 Å². The molecule has 3 heterocycles. The number of hydrogen-bond acceptors (Lipinski definition) is 8. The lowest BCUT2D eigenvalue weighted by atomic mass is 9.79. The highest BCUT2D eigenvalue weighted by Gasteiger charge is 2.51. The summed E-state index contributed by atoms with van der Waals surface area (Å²) >= 11 is 0. The van der Waals surface area contributed by atoms with Crippen molar-refractivity contribution in [3.05, 3.63) is 36.5 Å². The third-order valence-electron chi connectivity index (χ3n) is 6.57. The maximum Gasteiger partial charge on any atom is 0.494 e. The van der Waals surface area contributed by atoms with Crippen LogP contribution in [0.15, 0.2) is 36.5 Å². The molecule has 2 fully saturated rings. The molecule has 10 heteroatoms. The summed E-state index contributed by atoms with van der Waals surface area (Å²) in [7, 11) is -0.390. The van der Waals surface area contributed by atoms with Crippen molar-refractivity contribution >= 4 is 36.1 Å². The quantitative estimate of drug-likeness (QED) is 0.664. The Balaban J connectivity index is 1.35. The second-order valence-electron chi connectivity index (χ2n) is 11.0. The van der Waals surface area contributed by atoms with Gasteiger partial charge in [-0.05, 0) is 72.1 Å². The smallest absolute Gasteiger partial charge is 0.444 e. The van der Waals surface area contributed by atoms with Crippen LogP contribution in [0.1, 0.15) is 48.5 Å².